The number of nitrogens with zero attached hydrogens (tertiary/aromatic N) is 3. The van der Waals surface area contributed by atoms with Gasteiger partial charge >= 0.3 is 0 Å². The predicted octanol–water partition coefficient (Wildman–Crippen LogP) is 12.4. The SMILES string of the molecule is c1ccc(-c2ccc3c(c2)oc2cccc(-c4nc(-c5ccccc5)nc(-c5ccc6c(ccc7cccc(-c8ccccc8)c76)c5)n4)c23)cc1. The van der Waals surface area contributed by atoms with E-state index in [9.17, 15) is 0 Å². The highest BCUT2D eigenvalue weighted by atomic mass is 16.3. The molecule has 0 amide bonds. The maximum Gasteiger partial charge on any atom is 0.164 e. The van der Waals surface area contributed by atoms with Gasteiger partial charge < -0.3 is 4.42 Å². The Morgan fingerprint density at radius 2 is 0.922 bits per heavy atom. The van der Waals surface area contributed by atoms with Crippen LogP contribution in [-0.4, -0.2) is 15.0 Å². The second-order valence-electron chi connectivity index (χ2n) is 12.8. The third-order valence-corrected chi connectivity index (χ3v) is 9.72. The van der Waals surface area contributed by atoms with Crippen LogP contribution >= 0.6 is 0 Å². The Labute approximate surface area is 294 Å². The smallest absolute Gasteiger partial charge is 0.164 e. The lowest BCUT2D eigenvalue weighted by atomic mass is 9.93. The summed E-state index contributed by atoms with van der Waals surface area (Å²) in [7, 11) is 0. The van der Waals surface area contributed by atoms with E-state index in [2.05, 4.69) is 127 Å². The van der Waals surface area contributed by atoms with Crippen LogP contribution in [0.5, 0.6) is 0 Å². The highest BCUT2D eigenvalue weighted by Crippen LogP contribution is 2.39. The Kier molecular flexibility index (Phi) is 6.78. The number of hydrogen-bond donors (Lipinski definition) is 0. The zero-order valence-corrected chi connectivity index (χ0v) is 27.5. The third-order valence-electron chi connectivity index (χ3n) is 9.72. The van der Waals surface area contributed by atoms with Gasteiger partial charge in [0.25, 0.3) is 0 Å². The normalized spacial score (nSPS) is 11.5. The maximum absolute atomic E-state index is 6.46. The predicted molar refractivity (Wildman–Crippen MR) is 209 cm³/mol. The first-order valence-corrected chi connectivity index (χ1v) is 17.1. The maximum atomic E-state index is 6.46. The molecular formula is C47H29N3O. The fourth-order valence-corrected chi connectivity index (χ4v) is 7.28. The van der Waals surface area contributed by atoms with Gasteiger partial charge in [-0.25, -0.2) is 15.0 Å². The van der Waals surface area contributed by atoms with Crippen molar-refractivity contribution in [3.8, 4) is 56.4 Å². The van der Waals surface area contributed by atoms with E-state index in [4.69, 9.17) is 19.4 Å². The average molecular weight is 652 g/mol. The minimum Gasteiger partial charge on any atom is -0.456 e. The van der Waals surface area contributed by atoms with Crippen molar-refractivity contribution in [1.29, 1.82) is 0 Å². The summed E-state index contributed by atoms with van der Waals surface area (Å²) in [5.41, 5.74) is 9.06. The van der Waals surface area contributed by atoms with E-state index in [0.717, 1.165) is 55.1 Å². The molecule has 0 saturated carbocycles. The molecule has 0 aliphatic heterocycles. The van der Waals surface area contributed by atoms with E-state index < -0.39 is 0 Å². The minimum absolute atomic E-state index is 0.601. The van der Waals surface area contributed by atoms with Crippen molar-refractivity contribution in [1.82, 2.24) is 15.0 Å². The summed E-state index contributed by atoms with van der Waals surface area (Å²) in [5.74, 6) is 1.84. The molecule has 238 valence electrons. The van der Waals surface area contributed by atoms with Crippen LogP contribution in [0.15, 0.2) is 180 Å². The van der Waals surface area contributed by atoms with Gasteiger partial charge in [-0.15, -0.1) is 0 Å². The van der Waals surface area contributed by atoms with Crippen LogP contribution in [0.3, 0.4) is 0 Å². The van der Waals surface area contributed by atoms with Crippen molar-refractivity contribution >= 4 is 43.5 Å². The van der Waals surface area contributed by atoms with E-state index >= 15 is 0 Å². The Morgan fingerprint density at radius 1 is 0.314 bits per heavy atom. The van der Waals surface area contributed by atoms with Crippen molar-refractivity contribution in [2.24, 2.45) is 0 Å². The van der Waals surface area contributed by atoms with Crippen LogP contribution in [0.1, 0.15) is 0 Å². The molecule has 2 aromatic heterocycles. The van der Waals surface area contributed by atoms with Crippen molar-refractivity contribution in [3.63, 3.8) is 0 Å². The van der Waals surface area contributed by atoms with Crippen LogP contribution in [0.4, 0.5) is 0 Å². The fourth-order valence-electron chi connectivity index (χ4n) is 7.28. The molecule has 10 aromatic rings. The van der Waals surface area contributed by atoms with Crippen LogP contribution < -0.4 is 0 Å². The number of rotatable bonds is 5. The zero-order chi connectivity index (χ0) is 33.7. The number of benzene rings is 8. The second-order valence-corrected chi connectivity index (χ2v) is 12.8. The molecule has 0 N–H and O–H groups in total. The van der Waals surface area contributed by atoms with E-state index in [0.29, 0.717) is 17.5 Å². The van der Waals surface area contributed by atoms with Gasteiger partial charge in [0.2, 0.25) is 0 Å². The topological polar surface area (TPSA) is 51.8 Å². The molecule has 0 fully saturated rings. The first-order chi connectivity index (χ1) is 25.3. The van der Waals surface area contributed by atoms with Gasteiger partial charge in [0.15, 0.2) is 17.5 Å². The largest absolute Gasteiger partial charge is 0.456 e. The van der Waals surface area contributed by atoms with Gasteiger partial charge in [-0.3, -0.25) is 0 Å². The lowest BCUT2D eigenvalue weighted by Crippen LogP contribution is -2.00. The van der Waals surface area contributed by atoms with Gasteiger partial charge in [0, 0.05) is 27.5 Å². The Bertz CT molecular complexity index is 2900. The van der Waals surface area contributed by atoms with Crippen LogP contribution in [0, 0.1) is 0 Å². The molecule has 0 spiro atoms. The molecule has 4 heteroatoms. The molecule has 0 bridgehead atoms. The number of fused-ring (bicyclic) bond motifs is 6. The summed E-state index contributed by atoms with van der Waals surface area (Å²) in [5, 5.41) is 6.78. The fraction of sp³-hybridized carbons (Fsp3) is 0. The summed E-state index contributed by atoms with van der Waals surface area (Å²) in [4.78, 5) is 15.3. The van der Waals surface area contributed by atoms with Gasteiger partial charge in [-0.2, -0.15) is 0 Å². The minimum atomic E-state index is 0.601. The molecule has 0 aliphatic rings. The van der Waals surface area contributed by atoms with Gasteiger partial charge in [-0.05, 0) is 68.1 Å². The molecule has 0 radical (unpaired) electrons. The summed E-state index contributed by atoms with van der Waals surface area (Å²) >= 11 is 0. The molecule has 0 aliphatic carbocycles. The highest BCUT2D eigenvalue weighted by Gasteiger charge is 2.19. The van der Waals surface area contributed by atoms with E-state index in [1.165, 1.54) is 27.3 Å². The van der Waals surface area contributed by atoms with E-state index in [1.54, 1.807) is 0 Å². The molecule has 10 rings (SSSR count). The van der Waals surface area contributed by atoms with Crippen LogP contribution in [0.25, 0.3) is 99.9 Å². The standard InChI is InChI=1S/C47H29N3O/c1-4-12-30(13-5-1)34-24-27-39-42(29-34)51-41-21-11-20-40(44(39)41)47-49-45(33-16-8-3-9-17-33)48-46(50-47)36-25-26-38-35(28-36)23-22-32-18-10-19-37(43(32)38)31-14-6-2-7-15-31/h1-29H. The quantitative estimate of drug-likeness (QED) is 0.174. The number of furan rings is 1. The molecular weight excluding hydrogens is 623 g/mol. The van der Waals surface area contributed by atoms with Crippen molar-refractivity contribution in [3.05, 3.63) is 176 Å². The van der Waals surface area contributed by atoms with Crippen molar-refractivity contribution in [2.45, 2.75) is 0 Å². The molecule has 51 heavy (non-hydrogen) atoms. The average Bonchev–Trinajstić information content (AvgIpc) is 3.59. The highest BCUT2D eigenvalue weighted by molar-refractivity contribution is 6.15. The summed E-state index contributed by atoms with van der Waals surface area (Å²) < 4.78 is 6.46. The van der Waals surface area contributed by atoms with Gasteiger partial charge in [0.1, 0.15) is 11.2 Å². The van der Waals surface area contributed by atoms with E-state index in [-0.39, 0.29) is 0 Å². The van der Waals surface area contributed by atoms with Crippen LogP contribution in [-0.2, 0) is 0 Å². The monoisotopic (exact) mass is 651 g/mol. The molecule has 0 unspecified atom stereocenters. The molecule has 0 atom stereocenters. The Morgan fingerprint density at radius 3 is 1.71 bits per heavy atom. The summed E-state index contributed by atoms with van der Waals surface area (Å²) in [6.45, 7) is 0. The Balaban J connectivity index is 1.16. The third kappa shape index (κ3) is 5.04. The molecule has 0 saturated heterocycles. The van der Waals surface area contributed by atoms with Crippen molar-refractivity contribution in [2.75, 3.05) is 0 Å². The van der Waals surface area contributed by atoms with E-state index in [1.807, 2.05) is 48.5 Å². The van der Waals surface area contributed by atoms with Gasteiger partial charge in [-0.1, -0.05) is 152 Å². The summed E-state index contributed by atoms with van der Waals surface area (Å²) in [6, 6.07) is 61.0. The lowest BCUT2D eigenvalue weighted by molar-refractivity contribution is 0.669. The van der Waals surface area contributed by atoms with Gasteiger partial charge in [0.05, 0.1) is 0 Å². The van der Waals surface area contributed by atoms with Crippen LogP contribution in [0.2, 0.25) is 0 Å². The number of aromatic nitrogens is 3. The second kappa shape index (κ2) is 11.9. The first-order valence-electron chi connectivity index (χ1n) is 17.1. The first kappa shape index (κ1) is 29.0. The molecule has 2 heterocycles. The molecule has 8 aromatic carbocycles. The zero-order valence-electron chi connectivity index (χ0n) is 27.5. The molecule has 4 nitrogen and oxygen atoms in total. The summed E-state index contributed by atoms with van der Waals surface area (Å²) in [6.07, 6.45) is 0. The van der Waals surface area contributed by atoms with Crippen molar-refractivity contribution < 1.29 is 4.42 Å². The lowest BCUT2D eigenvalue weighted by Gasteiger charge is -2.12. The Hall–Kier alpha value is -6.91. The number of hydrogen-bond acceptors (Lipinski definition) is 4.